The molecule has 0 saturated heterocycles. The Balaban J connectivity index is 4.19. The molecule has 0 aliphatic rings. The predicted octanol–water partition coefficient (Wildman–Crippen LogP) is -0.127. The van der Waals surface area contributed by atoms with Crippen LogP contribution in [-0.2, 0) is 4.79 Å². The van der Waals surface area contributed by atoms with E-state index in [0.29, 0.717) is 6.08 Å². The molecule has 0 bridgehead atoms. The zero-order valence-corrected chi connectivity index (χ0v) is 4.40. The van der Waals surface area contributed by atoms with E-state index in [9.17, 15) is 18.0 Å². The Morgan fingerprint density at radius 3 is 2.00 bits per heavy atom. The Hall–Kier alpha value is -0.840. The molecule has 0 spiro atoms. The molecular formula is C4H5F3NO+. The normalized spacial score (nSPS) is 13.6. The van der Waals surface area contributed by atoms with Crippen LogP contribution in [0.2, 0.25) is 0 Å². The summed E-state index contributed by atoms with van der Waals surface area (Å²) in [5, 5.41) is 0. The molecule has 0 atom stereocenters. The molecule has 9 heavy (non-hydrogen) atoms. The van der Waals surface area contributed by atoms with E-state index in [-0.39, 0.29) is 6.29 Å². The lowest BCUT2D eigenvalue weighted by Gasteiger charge is -1.98. The highest BCUT2D eigenvalue weighted by molar-refractivity contribution is 5.65. The van der Waals surface area contributed by atoms with Crippen molar-refractivity contribution in [3.05, 3.63) is 11.8 Å². The lowest BCUT2D eigenvalue weighted by Crippen LogP contribution is -2.54. The number of carbonyl (C=O) groups excluding carboxylic acids is 1. The topological polar surface area (TPSA) is 44.7 Å². The van der Waals surface area contributed by atoms with Crippen molar-refractivity contribution in [2.45, 2.75) is 6.18 Å². The molecule has 2 nitrogen and oxygen atoms in total. The van der Waals surface area contributed by atoms with Gasteiger partial charge in [0.2, 0.25) is 5.70 Å². The van der Waals surface area contributed by atoms with Crippen molar-refractivity contribution in [2.24, 2.45) is 0 Å². The molecule has 0 amide bonds. The molecule has 0 saturated carbocycles. The summed E-state index contributed by atoms with van der Waals surface area (Å²) in [5.74, 6) is 0. The maximum atomic E-state index is 11.3. The monoisotopic (exact) mass is 140 g/mol. The molecule has 0 aliphatic heterocycles. The largest absolute Gasteiger partial charge is 0.466 e. The molecule has 0 aliphatic carbocycles. The highest BCUT2D eigenvalue weighted by atomic mass is 19.4. The number of rotatable bonds is 1. The smallest absolute Gasteiger partial charge is 0.321 e. The lowest BCUT2D eigenvalue weighted by atomic mass is 10.4. The minimum absolute atomic E-state index is 0.0514. The zero-order chi connectivity index (χ0) is 7.49. The summed E-state index contributed by atoms with van der Waals surface area (Å²) in [7, 11) is 0. The summed E-state index contributed by atoms with van der Waals surface area (Å²) in [6, 6.07) is 0. The number of halogens is 3. The maximum absolute atomic E-state index is 11.3. The van der Waals surface area contributed by atoms with E-state index in [1.54, 1.807) is 0 Å². The average molecular weight is 140 g/mol. The van der Waals surface area contributed by atoms with E-state index in [4.69, 9.17) is 0 Å². The Kier molecular flexibility index (Phi) is 2.39. The van der Waals surface area contributed by atoms with Crippen LogP contribution in [0.1, 0.15) is 0 Å². The van der Waals surface area contributed by atoms with Crippen molar-refractivity contribution in [1.29, 1.82) is 0 Å². The Bertz CT molecular complexity index is 137. The first kappa shape index (κ1) is 8.16. The number of carbonyl (C=O) groups is 1. The fourth-order valence-corrected chi connectivity index (χ4v) is 0.177. The molecular weight excluding hydrogens is 135 g/mol. The molecule has 0 fully saturated rings. The van der Waals surface area contributed by atoms with E-state index in [0.717, 1.165) is 0 Å². The van der Waals surface area contributed by atoms with Crippen LogP contribution in [0.4, 0.5) is 13.2 Å². The molecule has 0 aromatic heterocycles. The summed E-state index contributed by atoms with van der Waals surface area (Å²) in [4.78, 5) is 9.45. The second kappa shape index (κ2) is 2.63. The third-order valence-electron chi connectivity index (χ3n) is 0.633. The van der Waals surface area contributed by atoms with E-state index < -0.39 is 11.9 Å². The highest BCUT2D eigenvalue weighted by Crippen LogP contribution is 2.18. The van der Waals surface area contributed by atoms with Crippen molar-refractivity contribution < 1.29 is 23.7 Å². The number of allylic oxidation sites excluding steroid dienone is 2. The van der Waals surface area contributed by atoms with Crippen LogP contribution < -0.4 is 5.73 Å². The molecule has 0 rings (SSSR count). The van der Waals surface area contributed by atoms with Gasteiger partial charge in [0.25, 0.3) is 0 Å². The zero-order valence-electron chi connectivity index (χ0n) is 4.40. The standard InChI is InChI=1S/C4H4F3NO/c5-4(6,7)3(8)1-2-9/h1-2H,8H2/p+1/b3-1-. The van der Waals surface area contributed by atoms with Gasteiger partial charge in [-0.1, -0.05) is 0 Å². The summed E-state index contributed by atoms with van der Waals surface area (Å²) in [5.41, 5.74) is 1.48. The lowest BCUT2D eigenvalue weighted by molar-refractivity contribution is -0.360. The van der Waals surface area contributed by atoms with Gasteiger partial charge in [-0.3, -0.25) is 4.79 Å². The van der Waals surface area contributed by atoms with Gasteiger partial charge in [-0.15, -0.1) is 0 Å². The average Bonchev–Trinajstić information content (AvgIpc) is 1.64. The third-order valence-corrected chi connectivity index (χ3v) is 0.633. The number of hydrogen-bond donors (Lipinski definition) is 1. The molecule has 0 aromatic rings. The van der Waals surface area contributed by atoms with Crippen molar-refractivity contribution in [2.75, 3.05) is 0 Å². The number of aldehydes is 1. The minimum Gasteiger partial charge on any atom is -0.321 e. The summed E-state index contributed by atoms with van der Waals surface area (Å²) < 4.78 is 34.0. The summed E-state index contributed by atoms with van der Waals surface area (Å²) in [6.45, 7) is 0. The summed E-state index contributed by atoms with van der Waals surface area (Å²) in [6.07, 6.45) is -4.04. The van der Waals surface area contributed by atoms with Crippen molar-refractivity contribution in [3.8, 4) is 0 Å². The first-order valence-electron chi connectivity index (χ1n) is 2.03. The van der Waals surface area contributed by atoms with Crippen molar-refractivity contribution in [3.63, 3.8) is 0 Å². The van der Waals surface area contributed by atoms with E-state index in [1.165, 1.54) is 0 Å². The van der Waals surface area contributed by atoms with Gasteiger partial charge >= 0.3 is 6.18 Å². The molecule has 3 N–H and O–H groups in total. The summed E-state index contributed by atoms with van der Waals surface area (Å²) >= 11 is 0. The van der Waals surface area contributed by atoms with Gasteiger partial charge in [-0.25, -0.2) is 0 Å². The van der Waals surface area contributed by atoms with E-state index in [2.05, 4.69) is 5.73 Å². The van der Waals surface area contributed by atoms with Crippen molar-refractivity contribution in [1.82, 2.24) is 0 Å². The van der Waals surface area contributed by atoms with Crippen LogP contribution in [0.3, 0.4) is 0 Å². The number of hydrogen-bond acceptors (Lipinski definition) is 1. The molecule has 0 aromatic carbocycles. The Morgan fingerprint density at radius 2 is 1.89 bits per heavy atom. The third kappa shape index (κ3) is 2.86. The Labute approximate surface area is 49.1 Å². The highest BCUT2D eigenvalue weighted by Gasteiger charge is 2.35. The van der Waals surface area contributed by atoms with Crippen molar-refractivity contribution >= 4 is 6.29 Å². The Morgan fingerprint density at radius 1 is 1.44 bits per heavy atom. The molecule has 0 unspecified atom stereocenters. The van der Waals surface area contributed by atoms with E-state index >= 15 is 0 Å². The van der Waals surface area contributed by atoms with Gasteiger partial charge in [0.1, 0.15) is 6.29 Å². The van der Waals surface area contributed by atoms with E-state index in [1.807, 2.05) is 0 Å². The predicted molar refractivity (Wildman–Crippen MR) is 23.1 cm³/mol. The number of alkyl halides is 3. The number of quaternary nitrogens is 1. The van der Waals surface area contributed by atoms with Gasteiger partial charge in [0, 0.05) is 6.08 Å². The van der Waals surface area contributed by atoms with Crippen LogP contribution >= 0.6 is 0 Å². The van der Waals surface area contributed by atoms with Crippen LogP contribution in [0.25, 0.3) is 0 Å². The van der Waals surface area contributed by atoms with Gasteiger partial charge < -0.3 is 5.73 Å². The van der Waals surface area contributed by atoms with Gasteiger partial charge in [0.15, 0.2) is 0 Å². The fraction of sp³-hybridized carbons (Fsp3) is 0.250. The van der Waals surface area contributed by atoms with Crippen LogP contribution in [0, 0.1) is 0 Å². The first-order chi connectivity index (χ1) is 3.98. The second-order valence-electron chi connectivity index (χ2n) is 1.33. The molecule has 0 radical (unpaired) electrons. The fourth-order valence-electron chi connectivity index (χ4n) is 0.177. The molecule has 52 valence electrons. The SMILES string of the molecule is [NH3+]/C(=C\C=O)C(F)(F)F. The van der Waals surface area contributed by atoms with Gasteiger partial charge in [-0.2, -0.15) is 13.2 Å². The van der Waals surface area contributed by atoms with Gasteiger partial charge in [-0.05, 0) is 0 Å². The molecule has 0 heterocycles. The van der Waals surface area contributed by atoms with Crippen LogP contribution in [-0.4, -0.2) is 12.5 Å². The van der Waals surface area contributed by atoms with Gasteiger partial charge in [0.05, 0.1) is 0 Å². The second-order valence-corrected chi connectivity index (χ2v) is 1.33. The molecule has 5 heteroatoms. The van der Waals surface area contributed by atoms with Crippen LogP contribution in [0.15, 0.2) is 11.8 Å². The maximum Gasteiger partial charge on any atom is 0.466 e. The minimum atomic E-state index is -4.47. The quantitative estimate of drug-likeness (QED) is 0.400. The van der Waals surface area contributed by atoms with Crippen LogP contribution in [0.5, 0.6) is 0 Å². The first-order valence-corrected chi connectivity index (χ1v) is 2.03.